The summed E-state index contributed by atoms with van der Waals surface area (Å²) in [5.74, 6) is -0.270. The fraction of sp³-hybridized carbons (Fsp3) is 0.500. The van der Waals surface area contributed by atoms with E-state index in [1.165, 1.54) is 16.6 Å². The van der Waals surface area contributed by atoms with E-state index in [4.69, 9.17) is 4.74 Å². The Morgan fingerprint density at radius 1 is 1.32 bits per heavy atom. The normalized spacial score (nSPS) is 10.3. The second-order valence-corrected chi connectivity index (χ2v) is 6.75. The number of hydrogen-bond acceptors (Lipinski definition) is 6. The second-order valence-electron chi connectivity index (χ2n) is 4.73. The molecular weight excluding hydrogens is 324 g/mol. The molecule has 0 saturated heterocycles. The summed E-state index contributed by atoms with van der Waals surface area (Å²) in [6.45, 7) is 3.17. The highest BCUT2D eigenvalue weighted by molar-refractivity contribution is 7.99. The van der Waals surface area contributed by atoms with Crippen molar-refractivity contribution < 1.29 is 19.1 Å². The molecule has 0 bridgehead atoms. The molecule has 22 heavy (non-hydrogen) atoms. The van der Waals surface area contributed by atoms with Crippen molar-refractivity contribution in [1.82, 2.24) is 10.6 Å². The third-order valence-electron chi connectivity index (χ3n) is 2.30. The molecule has 0 aliphatic heterocycles. The van der Waals surface area contributed by atoms with Crippen LogP contribution in [0, 0.1) is 0 Å². The lowest BCUT2D eigenvalue weighted by Gasteiger charge is -2.09. The number of rotatable bonds is 9. The first-order valence-electron chi connectivity index (χ1n) is 6.79. The average molecular weight is 344 g/mol. The minimum atomic E-state index is -0.490. The Kier molecular flexibility index (Phi) is 8.61. The molecule has 0 unspecified atom stereocenters. The maximum absolute atomic E-state index is 11.5. The molecule has 1 heterocycles. The van der Waals surface area contributed by atoms with Gasteiger partial charge in [-0.1, -0.05) is 6.07 Å². The van der Waals surface area contributed by atoms with Crippen molar-refractivity contribution in [3.05, 3.63) is 22.4 Å². The predicted molar refractivity (Wildman–Crippen MR) is 87.7 cm³/mol. The number of nitrogens with one attached hydrogen (secondary N) is 2. The molecule has 1 aromatic rings. The number of amides is 2. The molecule has 0 aliphatic rings. The minimum Gasteiger partial charge on any atom is -0.455 e. The first-order chi connectivity index (χ1) is 10.5. The summed E-state index contributed by atoms with van der Waals surface area (Å²) in [5.41, 5.74) is 0. The van der Waals surface area contributed by atoms with Gasteiger partial charge in [-0.2, -0.15) is 0 Å². The number of hydrogen-bond donors (Lipinski definition) is 2. The van der Waals surface area contributed by atoms with E-state index >= 15 is 0 Å². The maximum atomic E-state index is 11.5. The van der Waals surface area contributed by atoms with Crippen molar-refractivity contribution in [2.75, 3.05) is 18.9 Å². The average Bonchev–Trinajstić information content (AvgIpc) is 2.95. The van der Waals surface area contributed by atoms with Crippen LogP contribution in [-0.2, 0) is 24.9 Å². The van der Waals surface area contributed by atoms with Gasteiger partial charge < -0.3 is 15.4 Å². The van der Waals surface area contributed by atoms with Gasteiger partial charge in [0.2, 0.25) is 5.91 Å². The molecule has 0 aromatic carbocycles. The number of carbonyl (C=O) groups is 3. The lowest BCUT2D eigenvalue weighted by molar-refractivity contribution is -0.146. The van der Waals surface area contributed by atoms with Crippen LogP contribution in [0.1, 0.15) is 18.7 Å². The summed E-state index contributed by atoms with van der Waals surface area (Å²) in [6, 6.07) is 3.97. The molecule has 0 radical (unpaired) electrons. The second kappa shape index (κ2) is 10.2. The lowest BCUT2D eigenvalue weighted by atomic mass is 10.4. The molecule has 0 aliphatic carbocycles. The van der Waals surface area contributed by atoms with Gasteiger partial charge in [0, 0.05) is 16.7 Å². The highest BCUT2D eigenvalue weighted by Gasteiger charge is 2.10. The topological polar surface area (TPSA) is 84.5 Å². The first kappa shape index (κ1) is 18.5. The Balaban J connectivity index is 2.07. The molecule has 0 saturated carbocycles. The minimum absolute atomic E-state index is 0.0163. The van der Waals surface area contributed by atoms with Crippen molar-refractivity contribution in [3.63, 3.8) is 0 Å². The number of ether oxygens (including phenoxy) is 1. The van der Waals surface area contributed by atoms with Crippen LogP contribution >= 0.6 is 23.1 Å². The van der Waals surface area contributed by atoms with Crippen LogP contribution in [0.4, 0.5) is 0 Å². The lowest BCUT2D eigenvalue weighted by Crippen LogP contribution is -2.41. The third kappa shape index (κ3) is 8.68. The smallest absolute Gasteiger partial charge is 0.316 e. The van der Waals surface area contributed by atoms with Crippen molar-refractivity contribution in [1.29, 1.82) is 0 Å². The van der Waals surface area contributed by atoms with Gasteiger partial charge in [0.25, 0.3) is 5.91 Å². The number of thioether (sulfide) groups is 1. The van der Waals surface area contributed by atoms with Gasteiger partial charge in [0.1, 0.15) is 0 Å². The quantitative estimate of drug-likeness (QED) is 0.657. The molecule has 1 aromatic heterocycles. The maximum Gasteiger partial charge on any atom is 0.316 e. The van der Waals surface area contributed by atoms with E-state index in [-0.39, 0.29) is 30.9 Å². The highest BCUT2D eigenvalue weighted by Crippen LogP contribution is 2.16. The van der Waals surface area contributed by atoms with Gasteiger partial charge >= 0.3 is 5.97 Å². The summed E-state index contributed by atoms with van der Waals surface area (Å²) in [5, 5.41) is 7.01. The molecule has 0 spiro atoms. The van der Waals surface area contributed by atoms with E-state index in [1.807, 2.05) is 31.4 Å². The van der Waals surface area contributed by atoms with E-state index in [0.717, 1.165) is 5.75 Å². The van der Waals surface area contributed by atoms with Crippen LogP contribution in [0.2, 0.25) is 0 Å². The van der Waals surface area contributed by atoms with Gasteiger partial charge in [-0.05, 0) is 25.3 Å². The highest BCUT2D eigenvalue weighted by atomic mass is 32.2. The van der Waals surface area contributed by atoms with Crippen LogP contribution in [0.3, 0.4) is 0 Å². The van der Waals surface area contributed by atoms with Gasteiger partial charge in [-0.25, -0.2) is 0 Å². The van der Waals surface area contributed by atoms with E-state index < -0.39 is 11.9 Å². The standard InChI is InChI=1S/C14H20N2O4S2/c1-10(2)16-12(17)6-15-13(18)7-20-14(19)9-21-8-11-4-3-5-22-11/h3-5,10H,6-9H2,1-2H3,(H,15,18)(H,16,17). The Morgan fingerprint density at radius 2 is 2.09 bits per heavy atom. The molecule has 2 N–H and O–H groups in total. The molecular formula is C14H20N2O4S2. The first-order valence-corrected chi connectivity index (χ1v) is 8.82. The summed E-state index contributed by atoms with van der Waals surface area (Å²) < 4.78 is 4.84. The van der Waals surface area contributed by atoms with Gasteiger partial charge in [-0.15, -0.1) is 23.1 Å². The largest absolute Gasteiger partial charge is 0.455 e. The third-order valence-corrected chi connectivity index (χ3v) is 4.32. The van der Waals surface area contributed by atoms with Crippen LogP contribution < -0.4 is 10.6 Å². The van der Waals surface area contributed by atoms with Gasteiger partial charge in [0.05, 0.1) is 12.3 Å². The Bertz CT molecular complexity index is 489. The fourth-order valence-corrected chi connectivity index (χ4v) is 3.08. The summed E-state index contributed by atoms with van der Waals surface area (Å²) in [4.78, 5) is 35.4. The van der Waals surface area contributed by atoms with Crippen LogP contribution in [0.25, 0.3) is 0 Å². The SMILES string of the molecule is CC(C)NC(=O)CNC(=O)COC(=O)CSCc1cccs1. The fourth-order valence-electron chi connectivity index (χ4n) is 1.42. The number of thiophene rings is 1. The van der Waals surface area contributed by atoms with Gasteiger partial charge in [-0.3, -0.25) is 14.4 Å². The van der Waals surface area contributed by atoms with Crippen LogP contribution in [-0.4, -0.2) is 42.7 Å². The Labute approximate surface area is 138 Å². The van der Waals surface area contributed by atoms with E-state index in [2.05, 4.69) is 10.6 Å². The van der Waals surface area contributed by atoms with E-state index in [0.29, 0.717) is 0 Å². The van der Waals surface area contributed by atoms with Crippen LogP contribution in [0.5, 0.6) is 0 Å². The van der Waals surface area contributed by atoms with E-state index in [1.54, 1.807) is 11.3 Å². The monoisotopic (exact) mass is 344 g/mol. The molecule has 0 atom stereocenters. The zero-order valence-electron chi connectivity index (χ0n) is 12.6. The van der Waals surface area contributed by atoms with Crippen molar-refractivity contribution >= 4 is 40.9 Å². The van der Waals surface area contributed by atoms with Crippen LogP contribution in [0.15, 0.2) is 17.5 Å². The summed E-state index contributed by atoms with van der Waals surface area (Å²) in [7, 11) is 0. The molecule has 6 nitrogen and oxygen atoms in total. The van der Waals surface area contributed by atoms with Crippen molar-refractivity contribution in [3.8, 4) is 0 Å². The summed E-state index contributed by atoms with van der Waals surface area (Å²) in [6.07, 6.45) is 0. The number of esters is 1. The number of carbonyl (C=O) groups excluding carboxylic acids is 3. The predicted octanol–water partition coefficient (Wildman–Crippen LogP) is 1.17. The molecule has 1 rings (SSSR count). The molecule has 122 valence electrons. The van der Waals surface area contributed by atoms with Crippen molar-refractivity contribution in [2.45, 2.75) is 25.6 Å². The van der Waals surface area contributed by atoms with E-state index in [9.17, 15) is 14.4 Å². The zero-order chi connectivity index (χ0) is 16.4. The molecule has 0 fully saturated rings. The summed E-state index contributed by atoms with van der Waals surface area (Å²) >= 11 is 3.07. The molecule has 2 amide bonds. The van der Waals surface area contributed by atoms with Crippen molar-refractivity contribution in [2.24, 2.45) is 0 Å². The Hall–Kier alpha value is -1.54. The molecule has 8 heteroatoms. The zero-order valence-corrected chi connectivity index (χ0v) is 14.2. The Morgan fingerprint density at radius 3 is 2.73 bits per heavy atom. The van der Waals surface area contributed by atoms with Gasteiger partial charge in [0.15, 0.2) is 6.61 Å².